The fraction of sp³-hybridized carbons (Fsp3) is 0.571. The summed E-state index contributed by atoms with van der Waals surface area (Å²) in [5.41, 5.74) is -0.573. The van der Waals surface area contributed by atoms with Gasteiger partial charge in [0.15, 0.2) is 23.3 Å². The molecule has 1 heterocycles. The highest BCUT2D eigenvalue weighted by atomic mass is 19.2. The molecule has 1 aliphatic carbocycles. The molecular weight excluding hydrogens is 272 g/mol. The Morgan fingerprint density at radius 2 is 1.70 bits per heavy atom. The van der Waals surface area contributed by atoms with Crippen molar-refractivity contribution in [2.24, 2.45) is 5.92 Å². The number of hydrogen-bond acceptors (Lipinski definition) is 2. The molecule has 2 nitrogen and oxygen atoms in total. The summed E-state index contributed by atoms with van der Waals surface area (Å²) < 4.78 is 53.8. The summed E-state index contributed by atoms with van der Waals surface area (Å²) >= 11 is 0. The maximum Gasteiger partial charge on any atom is 0.185 e. The summed E-state index contributed by atoms with van der Waals surface area (Å²) in [6.45, 7) is 1.60. The monoisotopic (exact) mass is 288 g/mol. The van der Waals surface area contributed by atoms with Crippen LogP contribution < -0.4 is 10.2 Å². The van der Waals surface area contributed by atoms with Crippen molar-refractivity contribution in [1.82, 2.24) is 5.32 Å². The average Bonchev–Trinajstić information content (AvgIpc) is 3.13. The molecule has 1 saturated heterocycles. The minimum Gasteiger partial charge on any atom is -0.366 e. The third-order valence-corrected chi connectivity index (χ3v) is 3.96. The normalized spacial score (nSPS) is 22.6. The highest BCUT2D eigenvalue weighted by Crippen LogP contribution is 2.32. The zero-order valence-corrected chi connectivity index (χ0v) is 10.9. The molecule has 0 radical (unpaired) electrons. The number of halogens is 4. The van der Waals surface area contributed by atoms with Crippen molar-refractivity contribution in [1.29, 1.82) is 0 Å². The van der Waals surface area contributed by atoms with Gasteiger partial charge in [-0.15, -0.1) is 0 Å². The van der Waals surface area contributed by atoms with Gasteiger partial charge in [-0.1, -0.05) is 0 Å². The Labute approximate surface area is 114 Å². The van der Waals surface area contributed by atoms with Gasteiger partial charge in [0, 0.05) is 25.2 Å². The highest BCUT2D eigenvalue weighted by Gasteiger charge is 2.31. The molecule has 0 bridgehead atoms. The second-order valence-electron chi connectivity index (χ2n) is 5.60. The molecule has 6 heteroatoms. The van der Waals surface area contributed by atoms with Crippen molar-refractivity contribution in [2.75, 3.05) is 24.5 Å². The third-order valence-electron chi connectivity index (χ3n) is 3.96. The molecule has 110 valence electrons. The topological polar surface area (TPSA) is 15.3 Å². The Morgan fingerprint density at radius 3 is 2.30 bits per heavy atom. The number of rotatable bonds is 4. The molecule has 1 unspecified atom stereocenters. The van der Waals surface area contributed by atoms with Crippen LogP contribution in [-0.2, 0) is 0 Å². The van der Waals surface area contributed by atoms with Crippen LogP contribution in [0.1, 0.15) is 19.3 Å². The van der Waals surface area contributed by atoms with Crippen LogP contribution in [0.25, 0.3) is 0 Å². The van der Waals surface area contributed by atoms with Crippen LogP contribution in [0.15, 0.2) is 6.07 Å². The summed E-state index contributed by atoms with van der Waals surface area (Å²) in [6, 6.07) is 0.820. The van der Waals surface area contributed by atoms with Crippen molar-refractivity contribution in [3.63, 3.8) is 0 Å². The first-order valence-electron chi connectivity index (χ1n) is 6.87. The number of nitrogens with one attached hydrogen (secondary N) is 1. The van der Waals surface area contributed by atoms with Gasteiger partial charge in [0.2, 0.25) is 0 Å². The number of benzene rings is 1. The molecule has 3 rings (SSSR count). The summed E-state index contributed by atoms with van der Waals surface area (Å²) in [5.74, 6) is -5.06. The lowest BCUT2D eigenvalue weighted by atomic mass is 10.1. The van der Waals surface area contributed by atoms with Gasteiger partial charge >= 0.3 is 0 Å². The first-order valence-corrected chi connectivity index (χ1v) is 6.87. The first kappa shape index (κ1) is 13.7. The van der Waals surface area contributed by atoms with Crippen LogP contribution in [-0.4, -0.2) is 25.7 Å². The Kier molecular flexibility index (Phi) is 3.58. The van der Waals surface area contributed by atoms with Gasteiger partial charge in [0.1, 0.15) is 5.69 Å². The van der Waals surface area contributed by atoms with E-state index in [1.807, 2.05) is 0 Å². The van der Waals surface area contributed by atoms with Crippen molar-refractivity contribution in [2.45, 2.75) is 25.3 Å². The molecule has 0 spiro atoms. The predicted octanol–water partition coefficient (Wildman–Crippen LogP) is 2.82. The maximum absolute atomic E-state index is 13.7. The molecule has 1 aromatic carbocycles. The number of nitrogens with zero attached hydrogens (tertiary/aromatic N) is 1. The van der Waals surface area contributed by atoms with Gasteiger partial charge < -0.3 is 10.2 Å². The van der Waals surface area contributed by atoms with Crippen LogP contribution in [0.5, 0.6) is 0 Å². The molecule has 1 aromatic rings. The standard InChI is InChI=1S/C14H16F4N2/c15-10-5-11(16)13(18)14(12(10)17)20-4-3-8(7-20)6-19-9-1-2-9/h5,8-9,19H,1-4,6-7H2. The predicted molar refractivity (Wildman–Crippen MR) is 67.6 cm³/mol. The fourth-order valence-electron chi connectivity index (χ4n) is 2.66. The quantitative estimate of drug-likeness (QED) is 0.677. The molecule has 1 aliphatic heterocycles. The van der Waals surface area contributed by atoms with Gasteiger partial charge in [-0.05, 0) is 31.7 Å². The van der Waals surface area contributed by atoms with E-state index >= 15 is 0 Å². The Morgan fingerprint density at radius 1 is 1.05 bits per heavy atom. The van der Waals surface area contributed by atoms with Gasteiger partial charge in [0.05, 0.1) is 0 Å². The molecule has 0 aromatic heterocycles. The van der Waals surface area contributed by atoms with Crippen molar-refractivity contribution >= 4 is 5.69 Å². The molecule has 1 atom stereocenters. The van der Waals surface area contributed by atoms with Crippen LogP contribution in [0.2, 0.25) is 0 Å². The largest absolute Gasteiger partial charge is 0.366 e. The summed E-state index contributed by atoms with van der Waals surface area (Å²) in [4.78, 5) is 1.40. The average molecular weight is 288 g/mol. The van der Waals surface area contributed by atoms with E-state index in [1.165, 1.54) is 17.7 Å². The van der Waals surface area contributed by atoms with Gasteiger partial charge in [0.25, 0.3) is 0 Å². The van der Waals surface area contributed by atoms with Gasteiger partial charge in [-0.3, -0.25) is 0 Å². The molecule has 1 saturated carbocycles. The zero-order valence-electron chi connectivity index (χ0n) is 10.9. The maximum atomic E-state index is 13.7. The minimum absolute atomic E-state index is 0.246. The summed E-state index contributed by atoms with van der Waals surface area (Å²) in [7, 11) is 0. The van der Waals surface area contributed by atoms with E-state index < -0.39 is 29.0 Å². The molecule has 0 amide bonds. The van der Waals surface area contributed by atoms with Crippen LogP contribution >= 0.6 is 0 Å². The van der Waals surface area contributed by atoms with Crippen LogP contribution in [0.3, 0.4) is 0 Å². The van der Waals surface area contributed by atoms with Crippen LogP contribution in [0, 0.1) is 29.2 Å². The molecule has 1 N–H and O–H groups in total. The Bertz CT molecular complexity index is 490. The van der Waals surface area contributed by atoms with E-state index in [2.05, 4.69) is 5.32 Å². The minimum atomic E-state index is -1.35. The highest BCUT2D eigenvalue weighted by molar-refractivity contribution is 5.51. The van der Waals surface area contributed by atoms with Gasteiger partial charge in [-0.25, -0.2) is 17.6 Å². The lowest BCUT2D eigenvalue weighted by Gasteiger charge is -2.20. The van der Waals surface area contributed by atoms with E-state index in [-0.39, 0.29) is 12.0 Å². The Balaban J connectivity index is 1.73. The number of anilines is 1. The summed E-state index contributed by atoms with van der Waals surface area (Å²) in [6.07, 6.45) is 3.11. The van der Waals surface area contributed by atoms with E-state index in [4.69, 9.17) is 0 Å². The van der Waals surface area contributed by atoms with E-state index in [9.17, 15) is 17.6 Å². The van der Waals surface area contributed by atoms with E-state index in [0.717, 1.165) is 13.0 Å². The van der Waals surface area contributed by atoms with Gasteiger partial charge in [-0.2, -0.15) is 0 Å². The lowest BCUT2D eigenvalue weighted by molar-refractivity contribution is 0.452. The van der Waals surface area contributed by atoms with Crippen molar-refractivity contribution in [3.05, 3.63) is 29.3 Å². The fourth-order valence-corrected chi connectivity index (χ4v) is 2.66. The lowest BCUT2D eigenvalue weighted by Crippen LogP contribution is -2.28. The second kappa shape index (κ2) is 5.24. The smallest absolute Gasteiger partial charge is 0.185 e. The summed E-state index contributed by atoms with van der Waals surface area (Å²) in [5, 5.41) is 3.36. The first-order chi connectivity index (χ1) is 9.56. The zero-order chi connectivity index (χ0) is 14.3. The van der Waals surface area contributed by atoms with Crippen LogP contribution in [0.4, 0.5) is 23.2 Å². The van der Waals surface area contributed by atoms with Crippen molar-refractivity contribution < 1.29 is 17.6 Å². The number of hydrogen-bond donors (Lipinski definition) is 1. The molecular formula is C14H16F4N2. The molecule has 20 heavy (non-hydrogen) atoms. The van der Waals surface area contributed by atoms with E-state index in [1.54, 1.807) is 0 Å². The Hall–Kier alpha value is -1.30. The molecule has 2 fully saturated rings. The van der Waals surface area contributed by atoms with E-state index in [0.29, 0.717) is 19.1 Å². The third kappa shape index (κ3) is 2.61. The van der Waals surface area contributed by atoms with Crippen molar-refractivity contribution in [3.8, 4) is 0 Å². The second-order valence-corrected chi connectivity index (χ2v) is 5.60. The molecule has 2 aliphatic rings. The SMILES string of the molecule is Fc1cc(F)c(F)c(N2CCC(CNC3CC3)C2)c1F.